The lowest BCUT2D eigenvalue weighted by molar-refractivity contribution is -0.137. The van der Waals surface area contributed by atoms with E-state index in [-0.39, 0.29) is 17.4 Å². The molecule has 1 heterocycles. The second-order valence-electron chi connectivity index (χ2n) is 5.90. The van der Waals surface area contributed by atoms with Crippen molar-refractivity contribution in [3.63, 3.8) is 0 Å². The lowest BCUT2D eigenvalue weighted by Gasteiger charge is -2.30. The number of benzene rings is 1. The number of hydrogen-bond donors (Lipinski definition) is 1. The van der Waals surface area contributed by atoms with E-state index >= 15 is 0 Å². The third kappa shape index (κ3) is 5.24. The molecule has 0 saturated carbocycles. The molecule has 0 radical (unpaired) electrons. The van der Waals surface area contributed by atoms with E-state index in [2.05, 4.69) is 17.2 Å². The number of carbonyl (C=O) groups is 2. The molecule has 1 aliphatic rings. The van der Waals surface area contributed by atoms with Crippen molar-refractivity contribution in [1.29, 1.82) is 0 Å². The van der Waals surface area contributed by atoms with E-state index in [1.165, 1.54) is 12.1 Å². The van der Waals surface area contributed by atoms with E-state index in [0.29, 0.717) is 19.6 Å². The molecule has 1 saturated heterocycles. The molecule has 0 aliphatic carbocycles. The molecule has 0 atom stereocenters. The van der Waals surface area contributed by atoms with Gasteiger partial charge in [-0.3, -0.25) is 9.59 Å². The minimum atomic E-state index is -4.48. The molecule has 2 amide bonds. The molecule has 0 aromatic heterocycles. The average Bonchev–Trinajstić information content (AvgIpc) is 2.59. The lowest BCUT2D eigenvalue weighted by atomic mass is 9.96. The van der Waals surface area contributed by atoms with Gasteiger partial charge in [0.2, 0.25) is 0 Å². The number of likely N-dealkylation sites (tertiary alicyclic amines) is 1. The summed E-state index contributed by atoms with van der Waals surface area (Å²) in [5.74, 6) is 4.53. The van der Waals surface area contributed by atoms with Gasteiger partial charge >= 0.3 is 6.18 Å². The number of nitrogens with zero attached hydrogens (tertiary/aromatic N) is 1. The average molecular weight is 352 g/mol. The van der Waals surface area contributed by atoms with Crippen LogP contribution in [0.4, 0.5) is 13.2 Å². The van der Waals surface area contributed by atoms with Gasteiger partial charge in [0.05, 0.1) is 5.56 Å². The first-order valence-electron chi connectivity index (χ1n) is 7.98. The smallest absolute Gasteiger partial charge is 0.352 e. The van der Waals surface area contributed by atoms with Gasteiger partial charge in [0.25, 0.3) is 11.8 Å². The highest BCUT2D eigenvalue weighted by Crippen LogP contribution is 2.29. The maximum Gasteiger partial charge on any atom is 0.416 e. The van der Waals surface area contributed by atoms with Crippen LogP contribution < -0.4 is 5.32 Å². The van der Waals surface area contributed by atoms with Crippen LogP contribution in [-0.4, -0.2) is 36.3 Å². The fourth-order valence-corrected chi connectivity index (χ4v) is 2.70. The molecule has 134 valence electrons. The summed E-state index contributed by atoms with van der Waals surface area (Å²) in [6.45, 7) is 3.11. The highest BCUT2D eigenvalue weighted by atomic mass is 19.4. The summed E-state index contributed by atoms with van der Waals surface area (Å²) >= 11 is 0. The number of amides is 2. The summed E-state index contributed by atoms with van der Waals surface area (Å²) in [5, 5.41) is 2.68. The Morgan fingerprint density at radius 2 is 1.96 bits per heavy atom. The Bertz CT molecular complexity index is 696. The van der Waals surface area contributed by atoms with Crippen LogP contribution in [0, 0.1) is 17.8 Å². The lowest BCUT2D eigenvalue weighted by Crippen LogP contribution is -2.41. The quantitative estimate of drug-likeness (QED) is 0.851. The van der Waals surface area contributed by atoms with Crippen LogP contribution in [0.1, 0.15) is 35.7 Å². The summed E-state index contributed by atoms with van der Waals surface area (Å²) < 4.78 is 38.1. The topological polar surface area (TPSA) is 49.4 Å². The maximum atomic E-state index is 12.7. The minimum absolute atomic E-state index is 0.0133. The molecule has 1 aromatic carbocycles. The van der Waals surface area contributed by atoms with E-state index in [1.807, 2.05) is 0 Å². The van der Waals surface area contributed by atoms with E-state index in [9.17, 15) is 22.8 Å². The van der Waals surface area contributed by atoms with Gasteiger partial charge < -0.3 is 10.2 Å². The van der Waals surface area contributed by atoms with Crippen LogP contribution in [0.25, 0.3) is 0 Å². The molecule has 25 heavy (non-hydrogen) atoms. The Morgan fingerprint density at radius 3 is 2.56 bits per heavy atom. The van der Waals surface area contributed by atoms with Crippen molar-refractivity contribution in [2.24, 2.45) is 5.92 Å². The highest BCUT2D eigenvalue weighted by molar-refractivity contribution is 5.94. The van der Waals surface area contributed by atoms with Crippen LogP contribution in [0.3, 0.4) is 0 Å². The van der Waals surface area contributed by atoms with Crippen LogP contribution in [0.2, 0.25) is 0 Å². The summed E-state index contributed by atoms with van der Waals surface area (Å²) in [4.78, 5) is 25.4. The van der Waals surface area contributed by atoms with E-state index in [1.54, 1.807) is 11.8 Å². The van der Waals surface area contributed by atoms with Crippen molar-refractivity contribution in [2.45, 2.75) is 25.9 Å². The van der Waals surface area contributed by atoms with Crippen molar-refractivity contribution < 1.29 is 22.8 Å². The second kappa shape index (κ2) is 8.06. The van der Waals surface area contributed by atoms with Gasteiger partial charge in [-0.05, 0) is 49.8 Å². The first-order valence-corrected chi connectivity index (χ1v) is 7.98. The Kier molecular flexibility index (Phi) is 6.07. The van der Waals surface area contributed by atoms with Crippen molar-refractivity contribution in [2.75, 3.05) is 19.6 Å². The number of hydrogen-bond acceptors (Lipinski definition) is 2. The van der Waals surface area contributed by atoms with Crippen molar-refractivity contribution in [3.8, 4) is 11.8 Å². The van der Waals surface area contributed by atoms with Gasteiger partial charge in [0.1, 0.15) is 0 Å². The van der Waals surface area contributed by atoms with E-state index < -0.39 is 17.6 Å². The molecule has 7 heteroatoms. The molecular weight excluding hydrogens is 333 g/mol. The minimum Gasteiger partial charge on any atom is -0.352 e. The number of halogens is 3. The van der Waals surface area contributed by atoms with Gasteiger partial charge in [-0.25, -0.2) is 0 Å². The van der Waals surface area contributed by atoms with Crippen LogP contribution in [0.15, 0.2) is 24.3 Å². The first kappa shape index (κ1) is 18.8. The van der Waals surface area contributed by atoms with E-state index in [0.717, 1.165) is 25.0 Å². The van der Waals surface area contributed by atoms with Crippen LogP contribution in [0.5, 0.6) is 0 Å². The Labute approximate surface area is 144 Å². The third-order valence-corrected chi connectivity index (χ3v) is 4.14. The molecule has 0 bridgehead atoms. The second-order valence-corrected chi connectivity index (χ2v) is 5.90. The van der Waals surface area contributed by atoms with Crippen LogP contribution >= 0.6 is 0 Å². The molecule has 1 fully saturated rings. The Morgan fingerprint density at radius 1 is 1.28 bits per heavy atom. The molecule has 1 aliphatic heterocycles. The van der Waals surface area contributed by atoms with Crippen molar-refractivity contribution >= 4 is 11.8 Å². The van der Waals surface area contributed by atoms with Gasteiger partial charge in [0, 0.05) is 25.2 Å². The zero-order valence-corrected chi connectivity index (χ0v) is 13.8. The Hall–Kier alpha value is -2.49. The molecule has 0 unspecified atom stereocenters. The Balaban J connectivity index is 1.85. The fourth-order valence-electron chi connectivity index (χ4n) is 2.70. The third-order valence-electron chi connectivity index (χ3n) is 4.14. The summed E-state index contributed by atoms with van der Waals surface area (Å²) in [6.07, 6.45) is -3.03. The molecule has 0 spiro atoms. The molecule has 2 rings (SSSR count). The van der Waals surface area contributed by atoms with Gasteiger partial charge in [-0.15, -0.1) is 0 Å². The predicted octanol–water partition coefficient (Wildman–Crippen LogP) is 2.70. The molecular formula is C18H19F3N2O2. The number of alkyl halides is 3. The first-order chi connectivity index (χ1) is 11.8. The molecule has 1 aromatic rings. The summed E-state index contributed by atoms with van der Waals surface area (Å²) in [7, 11) is 0. The normalized spacial score (nSPS) is 15.3. The van der Waals surface area contributed by atoms with Crippen molar-refractivity contribution in [1.82, 2.24) is 10.2 Å². The highest BCUT2D eigenvalue weighted by Gasteiger charge is 2.31. The number of piperidine rings is 1. The van der Waals surface area contributed by atoms with Crippen LogP contribution in [-0.2, 0) is 11.0 Å². The molecule has 1 N–H and O–H groups in total. The zero-order valence-electron chi connectivity index (χ0n) is 13.8. The van der Waals surface area contributed by atoms with Gasteiger partial charge in [0.15, 0.2) is 0 Å². The fraction of sp³-hybridized carbons (Fsp3) is 0.444. The van der Waals surface area contributed by atoms with Gasteiger partial charge in [-0.2, -0.15) is 13.2 Å². The monoisotopic (exact) mass is 352 g/mol. The number of rotatable bonds is 3. The van der Waals surface area contributed by atoms with Crippen molar-refractivity contribution in [3.05, 3.63) is 35.4 Å². The summed E-state index contributed by atoms with van der Waals surface area (Å²) in [6, 6.07) is 4.36. The summed E-state index contributed by atoms with van der Waals surface area (Å²) in [5.41, 5.74) is -0.857. The standard InChI is InChI=1S/C18H19F3N2O2/c1-2-4-16(24)23-9-7-13(8-10-23)12-22-17(25)14-5-3-6-15(11-14)18(19,20)21/h3,5-6,11,13H,7-10,12H2,1H3,(H,22,25). The maximum absolute atomic E-state index is 12.7. The predicted molar refractivity (Wildman–Crippen MR) is 86.5 cm³/mol. The molecule has 4 nitrogen and oxygen atoms in total. The number of carbonyl (C=O) groups excluding carboxylic acids is 2. The van der Waals surface area contributed by atoms with E-state index in [4.69, 9.17) is 0 Å². The SMILES string of the molecule is CC#CC(=O)N1CCC(CNC(=O)c2cccc(C(F)(F)F)c2)CC1. The largest absolute Gasteiger partial charge is 0.416 e. The zero-order chi connectivity index (χ0) is 18.4. The number of nitrogens with one attached hydrogen (secondary N) is 1. The van der Waals surface area contributed by atoms with Gasteiger partial charge in [-0.1, -0.05) is 12.0 Å².